The van der Waals surface area contributed by atoms with Gasteiger partial charge in [-0.25, -0.2) is 4.98 Å². The van der Waals surface area contributed by atoms with E-state index in [1.807, 2.05) is 6.07 Å². The molecule has 0 aliphatic carbocycles. The Morgan fingerprint density at radius 3 is 2.58 bits per heavy atom. The number of H-pyrrole nitrogens is 1. The number of nitrogens with one attached hydrogen (secondary N) is 3. The summed E-state index contributed by atoms with van der Waals surface area (Å²) in [4.78, 5) is 33.1. The smallest absolute Gasteiger partial charge is 0.346 e. The molecule has 0 spiro atoms. The Balaban J connectivity index is 1.40. The molecule has 2 aromatic carbocycles. The van der Waals surface area contributed by atoms with E-state index in [4.69, 9.17) is 0 Å². The molecule has 0 aliphatic rings. The van der Waals surface area contributed by atoms with Crippen LogP contribution in [0.1, 0.15) is 31.8 Å². The summed E-state index contributed by atoms with van der Waals surface area (Å²) < 4.78 is 40.6. The van der Waals surface area contributed by atoms with Crippen molar-refractivity contribution < 1.29 is 22.8 Å². The van der Waals surface area contributed by atoms with E-state index >= 15 is 0 Å². The number of nitrogens with zero attached hydrogens (tertiary/aromatic N) is 3. The largest absolute Gasteiger partial charge is 0.416 e. The Bertz CT molecular complexity index is 1650. The first kappa shape index (κ1) is 23.1. The Morgan fingerprint density at radius 1 is 1.00 bits per heavy atom. The third kappa shape index (κ3) is 4.15. The summed E-state index contributed by atoms with van der Waals surface area (Å²) in [5.41, 5.74) is 1.59. The molecular formula is C25H19F3N6O2. The SMILES string of the molecule is Cc1ccc(NC(=O)c2cccc(C(F)(F)F)c2)cc1C(=O)Nc1nn(C)c2c1cnc1[nH]ccc12. The van der Waals surface area contributed by atoms with Crippen LogP contribution in [0.2, 0.25) is 0 Å². The van der Waals surface area contributed by atoms with Crippen molar-refractivity contribution in [2.75, 3.05) is 10.6 Å². The standard InChI is InChI=1S/C25H19F3N6O2/c1-13-6-7-16(31-23(35)14-4-3-5-15(10-14)25(26,27)28)11-18(13)24(36)32-22-19-12-30-21-17(8-9-29-21)20(19)34(2)33-22/h3-12H,1-2H3,(H,29,30)(H,31,35)(H,32,33,36). The number of alkyl halides is 3. The summed E-state index contributed by atoms with van der Waals surface area (Å²) in [5.74, 6) is -0.864. The van der Waals surface area contributed by atoms with Crippen LogP contribution in [0.25, 0.3) is 21.9 Å². The van der Waals surface area contributed by atoms with Crippen LogP contribution in [0, 0.1) is 6.92 Å². The maximum Gasteiger partial charge on any atom is 0.416 e. The summed E-state index contributed by atoms with van der Waals surface area (Å²) in [6.07, 6.45) is -1.18. The fourth-order valence-electron chi connectivity index (χ4n) is 4.02. The molecule has 0 fully saturated rings. The summed E-state index contributed by atoms with van der Waals surface area (Å²) >= 11 is 0. The Labute approximate surface area is 202 Å². The van der Waals surface area contributed by atoms with Crippen LogP contribution in [0.5, 0.6) is 0 Å². The average molecular weight is 492 g/mol. The van der Waals surface area contributed by atoms with E-state index in [9.17, 15) is 22.8 Å². The number of anilines is 2. The number of aromatic nitrogens is 4. The first-order chi connectivity index (χ1) is 17.1. The molecule has 0 saturated carbocycles. The lowest BCUT2D eigenvalue weighted by molar-refractivity contribution is -0.137. The molecule has 8 nitrogen and oxygen atoms in total. The topological polar surface area (TPSA) is 105 Å². The minimum absolute atomic E-state index is 0.153. The predicted molar refractivity (Wildman–Crippen MR) is 129 cm³/mol. The highest BCUT2D eigenvalue weighted by molar-refractivity contribution is 6.13. The normalized spacial score (nSPS) is 11.7. The van der Waals surface area contributed by atoms with Crippen molar-refractivity contribution >= 4 is 45.3 Å². The molecule has 3 N–H and O–H groups in total. The zero-order valence-electron chi connectivity index (χ0n) is 19.1. The summed E-state index contributed by atoms with van der Waals surface area (Å²) in [6.45, 7) is 1.73. The van der Waals surface area contributed by atoms with E-state index in [2.05, 4.69) is 25.7 Å². The van der Waals surface area contributed by atoms with Crippen LogP contribution in [0.15, 0.2) is 60.9 Å². The van der Waals surface area contributed by atoms with Crippen LogP contribution >= 0.6 is 0 Å². The van der Waals surface area contributed by atoms with E-state index < -0.39 is 23.6 Å². The quantitative estimate of drug-likeness (QED) is 0.317. The number of amides is 2. The molecule has 36 heavy (non-hydrogen) atoms. The summed E-state index contributed by atoms with van der Waals surface area (Å²) in [6, 6.07) is 10.7. The fraction of sp³-hybridized carbons (Fsp3) is 0.120. The molecule has 0 bridgehead atoms. The van der Waals surface area contributed by atoms with E-state index in [1.165, 1.54) is 18.2 Å². The number of pyridine rings is 1. The Hall–Kier alpha value is -4.67. The number of carbonyl (C=O) groups is 2. The summed E-state index contributed by atoms with van der Waals surface area (Å²) in [7, 11) is 1.76. The van der Waals surface area contributed by atoms with Crippen LogP contribution in [0.3, 0.4) is 0 Å². The first-order valence-electron chi connectivity index (χ1n) is 10.8. The number of aryl methyl sites for hydroxylation is 2. The van der Waals surface area contributed by atoms with Crippen molar-refractivity contribution in [1.82, 2.24) is 19.7 Å². The number of hydrogen-bond donors (Lipinski definition) is 3. The number of aromatic amines is 1. The minimum Gasteiger partial charge on any atom is -0.346 e. The predicted octanol–water partition coefficient (Wildman–Crippen LogP) is 5.28. The zero-order valence-corrected chi connectivity index (χ0v) is 19.1. The van der Waals surface area contributed by atoms with Crippen LogP contribution in [-0.2, 0) is 13.2 Å². The zero-order chi connectivity index (χ0) is 25.6. The van der Waals surface area contributed by atoms with Crippen LogP contribution < -0.4 is 10.6 Å². The van der Waals surface area contributed by atoms with Gasteiger partial charge in [-0.15, -0.1) is 0 Å². The van der Waals surface area contributed by atoms with Crippen molar-refractivity contribution in [2.24, 2.45) is 7.05 Å². The Morgan fingerprint density at radius 2 is 1.81 bits per heavy atom. The lowest BCUT2D eigenvalue weighted by Crippen LogP contribution is -2.17. The van der Waals surface area contributed by atoms with Crippen molar-refractivity contribution in [2.45, 2.75) is 13.1 Å². The molecule has 3 aromatic heterocycles. The molecule has 0 saturated heterocycles. The number of halogens is 3. The van der Waals surface area contributed by atoms with Gasteiger partial charge in [0.25, 0.3) is 11.8 Å². The van der Waals surface area contributed by atoms with Crippen molar-refractivity contribution in [3.63, 3.8) is 0 Å². The van der Waals surface area contributed by atoms with Gasteiger partial charge in [0, 0.05) is 41.6 Å². The number of fused-ring (bicyclic) bond motifs is 3. The average Bonchev–Trinajstić information content (AvgIpc) is 3.44. The van der Waals surface area contributed by atoms with Gasteiger partial charge in [0.1, 0.15) is 5.65 Å². The van der Waals surface area contributed by atoms with Gasteiger partial charge in [0.05, 0.1) is 16.5 Å². The molecule has 0 unspecified atom stereocenters. The Kier molecular flexibility index (Phi) is 5.47. The molecule has 5 aromatic rings. The van der Waals surface area contributed by atoms with Crippen molar-refractivity contribution in [3.05, 3.63) is 83.2 Å². The third-order valence-corrected chi connectivity index (χ3v) is 5.81. The molecule has 182 valence electrons. The second kappa shape index (κ2) is 8.52. The highest BCUT2D eigenvalue weighted by Crippen LogP contribution is 2.30. The lowest BCUT2D eigenvalue weighted by atomic mass is 10.1. The highest BCUT2D eigenvalue weighted by atomic mass is 19.4. The second-order valence-electron chi connectivity index (χ2n) is 8.25. The highest BCUT2D eigenvalue weighted by Gasteiger charge is 2.31. The summed E-state index contributed by atoms with van der Waals surface area (Å²) in [5, 5.41) is 11.3. The van der Waals surface area contributed by atoms with Gasteiger partial charge in [-0.2, -0.15) is 18.3 Å². The molecule has 3 heterocycles. The second-order valence-corrected chi connectivity index (χ2v) is 8.25. The minimum atomic E-state index is -4.57. The molecule has 5 rings (SSSR count). The van der Waals surface area contributed by atoms with E-state index in [0.717, 1.165) is 23.0 Å². The van der Waals surface area contributed by atoms with Crippen molar-refractivity contribution in [3.8, 4) is 0 Å². The molecule has 0 atom stereocenters. The van der Waals surface area contributed by atoms with Gasteiger partial charge in [0.15, 0.2) is 5.82 Å². The lowest BCUT2D eigenvalue weighted by Gasteiger charge is -2.11. The van der Waals surface area contributed by atoms with Crippen LogP contribution in [-0.4, -0.2) is 31.6 Å². The number of hydrogen-bond acceptors (Lipinski definition) is 4. The molecule has 11 heteroatoms. The monoisotopic (exact) mass is 492 g/mol. The van der Waals surface area contributed by atoms with Gasteiger partial charge in [0.2, 0.25) is 0 Å². The molecule has 2 amide bonds. The number of carbonyl (C=O) groups excluding carboxylic acids is 2. The molecule has 0 aliphatic heterocycles. The molecular weight excluding hydrogens is 473 g/mol. The van der Waals surface area contributed by atoms with E-state index in [0.29, 0.717) is 22.4 Å². The maximum absolute atomic E-state index is 13.1. The third-order valence-electron chi connectivity index (χ3n) is 5.81. The first-order valence-corrected chi connectivity index (χ1v) is 10.8. The maximum atomic E-state index is 13.1. The van der Waals surface area contributed by atoms with Gasteiger partial charge in [-0.3, -0.25) is 14.3 Å². The molecule has 0 radical (unpaired) electrons. The van der Waals surface area contributed by atoms with Crippen LogP contribution in [0.4, 0.5) is 24.7 Å². The van der Waals surface area contributed by atoms with E-state index in [-0.39, 0.29) is 16.8 Å². The van der Waals surface area contributed by atoms with Crippen molar-refractivity contribution in [1.29, 1.82) is 0 Å². The number of benzene rings is 2. The van der Waals surface area contributed by atoms with Gasteiger partial charge >= 0.3 is 6.18 Å². The van der Waals surface area contributed by atoms with Gasteiger partial charge in [-0.05, 0) is 48.9 Å². The fourth-order valence-corrected chi connectivity index (χ4v) is 4.02. The van der Waals surface area contributed by atoms with Gasteiger partial charge < -0.3 is 15.6 Å². The van der Waals surface area contributed by atoms with Gasteiger partial charge in [-0.1, -0.05) is 12.1 Å². The van der Waals surface area contributed by atoms with E-state index in [1.54, 1.807) is 43.2 Å². The number of rotatable bonds is 4.